The van der Waals surface area contributed by atoms with E-state index in [0.29, 0.717) is 13.1 Å². The summed E-state index contributed by atoms with van der Waals surface area (Å²) in [5.74, 6) is -0.137. The van der Waals surface area contributed by atoms with Gasteiger partial charge in [-0.1, -0.05) is 61.5 Å². The Labute approximate surface area is 153 Å². The van der Waals surface area contributed by atoms with Crippen LogP contribution in [0.3, 0.4) is 0 Å². The number of hydrogen-bond donors (Lipinski definition) is 2. The van der Waals surface area contributed by atoms with Crippen molar-refractivity contribution in [2.75, 3.05) is 13.2 Å². The summed E-state index contributed by atoms with van der Waals surface area (Å²) >= 11 is 0. The van der Waals surface area contributed by atoms with E-state index in [1.165, 1.54) is 20.9 Å². The van der Waals surface area contributed by atoms with Gasteiger partial charge in [0, 0.05) is 12.0 Å². The first kappa shape index (κ1) is 16.8. The molecule has 134 valence electrons. The Hall–Kier alpha value is -2.66. The molecule has 0 radical (unpaired) electrons. The number of carbonyl (C=O) groups is 2. The molecule has 2 aliphatic rings. The number of benzene rings is 2. The van der Waals surface area contributed by atoms with Gasteiger partial charge in [0.2, 0.25) is 0 Å². The molecule has 1 saturated heterocycles. The van der Waals surface area contributed by atoms with Gasteiger partial charge in [0.1, 0.15) is 12.1 Å². The van der Waals surface area contributed by atoms with Crippen molar-refractivity contribution in [3.8, 4) is 0 Å². The zero-order valence-electron chi connectivity index (χ0n) is 15.0. The Bertz CT molecular complexity index is 836. The lowest BCUT2D eigenvalue weighted by atomic mass is 9.87. The molecule has 2 N–H and O–H groups in total. The second-order valence-corrected chi connectivity index (χ2v) is 7.14. The summed E-state index contributed by atoms with van der Waals surface area (Å²) in [5.41, 5.74) is 2.60. The van der Waals surface area contributed by atoms with Crippen LogP contribution in [-0.4, -0.2) is 30.1 Å². The minimum Gasteiger partial charge on any atom is -0.319 e. The summed E-state index contributed by atoms with van der Waals surface area (Å²) in [4.78, 5) is 28.5. The van der Waals surface area contributed by atoms with Crippen molar-refractivity contribution in [3.63, 3.8) is 0 Å². The minimum absolute atomic E-state index is 0.137. The minimum atomic E-state index is -0.939. The third kappa shape index (κ3) is 2.69. The van der Waals surface area contributed by atoms with Crippen molar-refractivity contribution in [1.29, 1.82) is 0 Å². The Balaban J connectivity index is 1.55. The van der Waals surface area contributed by atoms with Crippen LogP contribution in [0.15, 0.2) is 54.6 Å². The van der Waals surface area contributed by atoms with Crippen LogP contribution in [0, 0.1) is 0 Å². The summed E-state index contributed by atoms with van der Waals surface area (Å²) in [6.07, 6.45) is 1.52. The first-order chi connectivity index (χ1) is 12.6. The SMILES string of the molecule is CC[C@]1(c2ccccc2)NC(=O)N(C[NH+]2CCc3ccccc3C2)C1=O. The van der Waals surface area contributed by atoms with E-state index in [4.69, 9.17) is 0 Å². The lowest BCUT2D eigenvalue weighted by Gasteiger charge is -2.29. The van der Waals surface area contributed by atoms with Crippen LogP contribution < -0.4 is 10.2 Å². The first-order valence-electron chi connectivity index (χ1n) is 9.24. The van der Waals surface area contributed by atoms with Gasteiger partial charge in [0.15, 0.2) is 6.67 Å². The van der Waals surface area contributed by atoms with Crippen LogP contribution in [-0.2, 0) is 23.3 Å². The van der Waals surface area contributed by atoms with Crippen LogP contribution >= 0.6 is 0 Å². The second kappa shape index (κ2) is 6.57. The van der Waals surface area contributed by atoms with Gasteiger partial charge in [-0.15, -0.1) is 0 Å². The summed E-state index contributed by atoms with van der Waals surface area (Å²) in [6, 6.07) is 17.7. The number of rotatable bonds is 4. The molecule has 1 unspecified atom stereocenters. The Kier molecular flexibility index (Phi) is 4.24. The number of nitrogens with one attached hydrogen (secondary N) is 2. The van der Waals surface area contributed by atoms with Crippen molar-refractivity contribution in [3.05, 3.63) is 71.3 Å². The highest BCUT2D eigenvalue weighted by atomic mass is 16.2. The molecule has 1 fully saturated rings. The third-order valence-corrected chi connectivity index (χ3v) is 5.66. The van der Waals surface area contributed by atoms with E-state index in [1.807, 2.05) is 43.3 Å². The molecule has 5 heteroatoms. The van der Waals surface area contributed by atoms with E-state index in [-0.39, 0.29) is 11.9 Å². The van der Waals surface area contributed by atoms with E-state index in [2.05, 4.69) is 23.5 Å². The average molecular weight is 350 g/mol. The molecule has 0 saturated carbocycles. The third-order valence-electron chi connectivity index (χ3n) is 5.66. The monoisotopic (exact) mass is 350 g/mol. The summed E-state index contributed by atoms with van der Waals surface area (Å²) < 4.78 is 0. The fourth-order valence-electron chi connectivity index (χ4n) is 4.13. The number of hydrogen-bond acceptors (Lipinski definition) is 2. The van der Waals surface area contributed by atoms with Crippen LogP contribution in [0.5, 0.6) is 0 Å². The van der Waals surface area contributed by atoms with E-state index < -0.39 is 5.54 Å². The van der Waals surface area contributed by atoms with Crippen molar-refractivity contribution >= 4 is 11.9 Å². The highest BCUT2D eigenvalue weighted by Gasteiger charge is 2.52. The molecule has 0 aliphatic carbocycles. The molecule has 2 heterocycles. The summed E-state index contributed by atoms with van der Waals surface area (Å²) in [5, 5.41) is 2.97. The van der Waals surface area contributed by atoms with Crippen LogP contribution in [0.4, 0.5) is 4.79 Å². The van der Waals surface area contributed by atoms with Gasteiger partial charge in [-0.05, 0) is 17.5 Å². The largest absolute Gasteiger partial charge is 0.329 e. The predicted molar refractivity (Wildman–Crippen MR) is 98.3 cm³/mol. The molecule has 2 aromatic rings. The fraction of sp³-hybridized carbons (Fsp3) is 0.333. The van der Waals surface area contributed by atoms with E-state index in [9.17, 15) is 9.59 Å². The zero-order chi connectivity index (χ0) is 18.1. The molecule has 0 spiro atoms. The molecule has 2 atom stereocenters. The Morgan fingerprint density at radius 3 is 2.46 bits per heavy atom. The second-order valence-electron chi connectivity index (χ2n) is 7.14. The first-order valence-corrected chi connectivity index (χ1v) is 9.24. The normalized spacial score (nSPS) is 25.1. The van der Waals surface area contributed by atoms with Crippen molar-refractivity contribution in [1.82, 2.24) is 10.2 Å². The van der Waals surface area contributed by atoms with Crippen molar-refractivity contribution in [2.24, 2.45) is 0 Å². The topological polar surface area (TPSA) is 53.9 Å². The van der Waals surface area contributed by atoms with Gasteiger partial charge < -0.3 is 10.2 Å². The van der Waals surface area contributed by atoms with E-state index in [1.54, 1.807) is 0 Å². The van der Waals surface area contributed by atoms with Crippen molar-refractivity contribution in [2.45, 2.75) is 31.8 Å². The van der Waals surface area contributed by atoms with Crippen LogP contribution in [0.25, 0.3) is 0 Å². The molecule has 26 heavy (non-hydrogen) atoms. The molecule has 4 rings (SSSR count). The number of quaternary nitrogens is 1. The predicted octanol–water partition coefficient (Wildman–Crippen LogP) is 1.44. The standard InChI is InChI=1S/C21H23N3O2/c1-2-21(18-10-4-3-5-11-18)19(25)24(20(26)22-21)15-23-13-12-16-8-6-7-9-17(16)14-23/h3-11H,2,12-15H2,1H3,(H,22,26)/p+1/t21-/m1/s1. The molecule has 0 bridgehead atoms. The lowest BCUT2D eigenvalue weighted by Crippen LogP contribution is -3.13. The highest BCUT2D eigenvalue weighted by Crippen LogP contribution is 2.31. The van der Waals surface area contributed by atoms with E-state index in [0.717, 1.165) is 25.1 Å². The number of amides is 3. The van der Waals surface area contributed by atoms with Gasteiger partial charge in [-0.2, -0.15) is 0 Å². The smallest absolute Gasteiger partial charge is 0.319 e. The molecule has 3 amide bonds. The molecule has 0 aromatic heterocycles. The molecule has 5 nitrogen and oxygen atoms in total. The van der Waals surface area contributed by atoms with Gasteiger partial charge in [0.05, 0.1) is 6.54 Å². The number of fused-ring (bicyclic) bond motifs is 1. The molecule has 2 aromatic carbocycles. The average Bonchev–Trinajstić information content (AvgIpc) is 2.94. The molecule has 2 aliphatic heterocycles. The van der Waals surface area contributed by atoms with Gasteiger partial charge in [-0.3, -0.25) is 4.79 Å². The summed E-state index contributed by atoms with van der Waals surface area (Å²) in [6.45, 7) is 4.13. The van der Waals surface area contributed by atoms with Crippen LogP contribution in [0.1, 0.15) is 30.0 Å². The molecular weight excluding hydrogens is 326 g/mol. The number of carbonyl (C=O) groups excluding carboxylic acids is 2. The number of imide groups is 1. The fourth-order valence-corrected chi connectivity index (χ4v) is 4.13. The zero-order valence-corrected chi connectivity index (χ0v) is 15.0. The number of urea groups is 1. The van der Waals surface area contributed by atoms with Gasteiger partial charge in [-0.25, -0.2) is 9.69 Å². The van der Waals surface area contributed by atoms with Gasteiger partial charge >= 0.3 is 6.03 Å². The lowest BCUT2D eigenvalue weighted by molar-refractivity contribution is -0.923. The number of nitrogens with zero attached hydrogens (tertiary/aromatic N) is 1. The highest BCUT2D eigenvalue weighted by molar-refractivity contribution is 6.07. The maximum atomic E-state index is 13.2. The maximum absolute atomic E-state index is 13.2. The summed E-state index contributed by atoms with van der Waals surface area (Å²) in [7, 11) is 0. The quantitative estimate of drug-likeness (QED) is 0.820. The maximum Gasteiger partial charge on any atom is 0.329 e. The van der Waals surface area contributed by atoms with E-state index >= 15 is 0 Å². The van der Waals surface area contributed by atoms with Gasteiger partial charge in [0.25, 0.3) is 5.91 Å². The Morgan fingerprint density at radius 2 is 1.73 bits per heavy atom. The van der Waals surface area contributed by atoms with Crippen LogP contribution in [0.2, 0.25) is 0 Å². The Morgan fingerprint density at radius 1 is 1.04 bits per heavy atom. The van der Waals surface area contributed by atoms with Crippen molar-refractivity contribution < 1.29 is 14.5 Å². The molecular formula is C21H24N3O2+.